The summed E-state index contributed by atoms with van der Waals surface area (Å²) in [4.78, 5) is 24.2. The summed E-state index contributed by atoms with van der Waals surface area (Å²) in [7, 11) is 0. The van der Waals surface area contributed by atoms with Gasteiger partial charge in [-0.2, -0.15) is 0 Å². The Balaban J connectivity index is 1.48. The number of carbonyl (C=O) groups excluding carboxylic acids is 2. The van der Waals surface area contributed by atoms with E-state index in [1.54, 1.807) is 0 Å². The summed E-state index contributed by atoms with van der Waals surface area (Å²) in [6.07, 6.45) is 0.121. The Kier molecular flexibility index (Phi) is 4.53. The maximum absolute atomic E-state index is 14.7. The molecule has 146 valence electrons. The van der Waals surface area contributed by atoms with Gasteiger partial charge in [0.15, 0.2) is 0 Å². The Hall–Kier alpha value is -2.22. The van der Waals surface area contributed by atoms with Gasteiger partial charge in [0, 0.05) is 19.1 Å². The summed E-state index contributed by atoms with van der Waals surface area (Å²) in [5, 5.41) is 11.8. The molecule has 27 heavy (non-hydrogen) atoms. The Bertz CT molecular complexity index is 752. The average Bonchev–Trinajstić information content (AvgIpc) is 2.92. The van der Waals surface area contributed by atoms with Gasteiger partial charge >= 0.3 is 6.09 Å². The quantitative estimate of drug-likeness (QED) is 0.821. The first kappa shape index (κ1) is 18.2. The molecule has 2 amide bonds. The number of aliphatic hydroxyl groups is 1. The predicted molar refractivity (Wildman–Crippen MR) is 92.2 cm³/mol. The molecule has 8 heteroatoms. The molecule has 5 atom stereocenters. The Labute approximate surface area is 155 Å². The second-order valence-electron chi connectivity index (χ2n) is 7.72. The molecular weight excluding hydrogens is 358 g/mol. The summed E-state index contributed by atoms with van der Waals surface area (Å²) >= 11 is 0. The van der Waals surface area contributed by atoms with Crippen molar-refractivity contribution in [3.63, 3.8) is 0 Å². The molecule has 3 fully saturated rings. The number of carbonyl (C=O) groups is 2. The van der Waals surface area contributed by atoms with Gasteiger partial charge in [-0.05, 0) is 48.6 Å². The highest BCUT2D eigenvalue weighted by Crippen LogP contribution is 2.62. The van der Waals surface area contributed by atoms with E-state index in [2.05, 4.69) is 5.32 Å². The largest absolute Gasteiger partial charge is 0.442 e. The summed E-state index contributed by atoms with van der Waals surface area (Å²) in [5.41, 5.74) is 0.186. The molecule has 3 aliphatic rings. The molecule has 2 N–H and O–H groups in total. The van der Waals surface area contributed by atoms with Crippen LogP contribution in [0.1, 0.15) is 31.2 Å². The SMILES string of the molecule is CC(=O)NC[C@H]1CN(c2cc(F)c(C3C[C@@H]4C(CO)[C@@H]4C3)c(F)c2)C(=O)O1. The molecule has 2 unspecified atom stereocenters. The summed E-state index contributed by atoms with van der Waals surface area (Å²) in [5.74, 6) is -0.737. The molecule has 1 aromatic carbocycles. The molecule has 1 heterocycles. The third-order valence-corrected chi connectivity index (χ3v) is 6.07. The van der Waals surface area contributed by atoms with Gasteiger partial charge in [-0.1, -0.05) is 0 Å². The van der Waals surface area contributed by atoms with Crippen molar-refractivity contribution in [1.29, 1.82) is 0 Å². The molecule has 6 nitrogen and oxygen atoms in total. The molecule has 0 spiro atoms. The third-order valence-electron chi connectivity index (χ3n) is 6.07. The average molecular weight is 380 g/mol. The van der Waals surface area contributed by atoms with Crippen molar-refractivity contribution in [2.45, 2.75) is 31.8 Å². The number of hydrogen-bond acceptors (Lipinski definition) is 4. The lowest BCUT2D eigenvalue weighted by Gasteiger charge is -2.19. The van der Waals surface area contributed by atoms with Crippen LogP contribution >= 0.6 is 0 Å². The Morgan fingerprint density at radius 1 is 1.30 bits per heavy atom. The van der Waals surface area contributed by atoms with E-state index >= 15 is 0 Å². The molecule has 1 aliphatic heterocycles. The first-order chi connectivity index (χ1) is 12.9. The molecule has 0 bridgehead atoms. The number of halogens is 2. The predicted octanol–water partition coefficient (Wildman–Crippen LogP) is 2.16. The van der Waals surface area contributed by atoms with Gasteiger partial charge in [0.05, 0.1) is 18.8 Å². The van der Waals surface area contributed by atoms with Gasteiger partial charge in [0.2, 0.25) is 5.91 Å². The first-order valence-corrected chi connectivity index (χ1v) is 9.21. The number of ether oxygens (including phenoxy) is 1. The molecule has 2 aliphatic carbocycles. The number of anilines is 1. The maximum Gasteiger partial charge on any atom is 0.414 e. The van der Waals surface area contributed by atoms with Crippen molar-refractivity contribution in [2.24, 2.45) is 17.8 Å². The lowest BCUT2D eigenvalue weighted by Crippen LogP contribution is -2.33. The Morgan fingerprint density at radius 3 is 2.48 bits per heavy atom. The van der Waals surface area contributed by atoms with E-state index < -0.39 is 23.8 Å². The lowest BCUT2D eigenvalue weighted by atomic mass is 9.91. The van der Waals surface area contributed by atoms with Crippen molar-refractivity contribution < 1.29 is 28.2 Å². The van der Waals surface area contributed by atoms with Crippen LogP contribution in [-0.4, -0.2) is 42.9 Å². The molecule has 0 radical (unpaired) electrons. The number of aliphatic hydroxyl groups excluding tert-OH is 1. The molecule has 1 aromatic rings. The standard InChI is InChI=1S/C19H22F2N2O4/c1-9(25)22-6-12-7-23(19(26)27-12)11-4-16(20)18(17(21)5-11)10-2-13-14(3-10)15(13)8-24/h4-5,10,12-15,24H,2-3,6-8H2,1H3,(H,22,25)/t10?,12-,13-,14+,15?/m0/s1. The van der Waals surface area contributed by atoms with E-state index in [9.17, 15) is 23.5 Å². The van der Waals surface area contributed by atoms with Crippen LogP contribution in [0.15, 0.2) is 12.1 Å². The highest BCUT2D eigenvalue weighted by Gasteiger charge is 2.56. The molecule has 0 aromatic heterocycles. The van der Waals surface area contributed by atoms with E-state index in [4.69, 9.17) is 4.74 Å². The van der Waals surface area contributed by atoms with Gasteiger partial charge < -0.3 is 15.2 Å². The fourth-order valence-electron chi connectivity index (χ4n) is 4.70. The van der Waals surface area contributed by atoms with Crippen molar-refractivity contribution in [2.75, 3.05) is 24.6 Å². The van der Waals surface area contributed by atoms with Crippen LogP contribution in [0.25, 0.3) is 0 Å². The number of fused-ring (bicyclic) bond motifs is 1. The second kappa shape index (κ2) is 6.74. The smallest absolute Gasteiger partial charge is 0.414 e. The minimum absolute atomic E-state index is 0.0741. The maximum atomic E-state index is 14.7. The van der Waals surface area contributed by atoms with Crippen LogP contribution in [0.4, 0.5) is 19.3 Å². The fraction of sp³-hybridized carbons (Fsp3) is 0.579. The van der Waals surface area contributed by atoms with Crippen LogP contribution < -0.4 is 10.2 Å². The van der Waals surface area contributed by atoms with Crippen LogP contribution in [0, 0.1) is 29.4 Å². The zero-order valence-corrected chi connectivity index (χ0v) is 15.0. The number of cyclic esters (lactones) is 1. The molecule has 2 saturated carbocycles. The summed E-state index contributed by atoms with van der Waals surface area (Å²) in [6.45, 7) is 1.76. The topological polar surface area (TPSA) is 78.9 Å². The van der Waals surface area contributed by atoms with Crippen LogP contribution in [0.5, 0.6) is 0 Å². The monoisotopic (exact) mass is 380 g/mol. The molecular formula is C19H22F2N2O4. The van der Waals surface area contributed by atoms with Gasteiger partial charge in [0.1, 0.15) is 17.7 Å². The van der Waals surface area contributed by atoms with Crippen LogP contribution in [0.3, 0.4) is 0 Å². The Morgan fingerprint density at radius 2 is 1.93 bits per heavy atom. The number of nitrogens with one attached hydrogen (secondary N) is 1. The number of nitrogens with zero attached hydrogens (tertiary/aromatic N) is 1. The van der Waals surface area contributed by atoms with Crippen LogP contribution in [-0.2, 0) is 9.53 Å². The van der Waals surface area contributed by atoms with Gasteiger partial charge in [-0.3, -0.25) is 9.69 Å². The number of hydrogen-bond donors (Lipinski definition) is 2. The van der Waals surface area contributed by atoms with Crippen molar-refractivity contribution in [3.05, 3.63) is 29.3 Å². The number of benzene rings is 1. The van der Waals surface area contributed by atoms with Crippen LogP contribution in [0.2, 0.25) is 0 Å². The van der Waals surface area contributed by atoms with Gasteiger partial charge in [0.25, 0.3) is 0 Å². The first-order valence-electron chi connectivity index (χ1n) is 9.21. The zero-order valence-electron chi connectivity index (χ0n) is 15.0. The van der Waals surface area contributed by atoms with Gasteiger partial charge in [-0.25, -0.2) is 13.6 Å². The number of rotatable bonds is 5. The van der Waals surface area contributed by atoms with E-state index in [1.807, 2.05) is 0 Å². The van der Waals surface area contributed by atoms with Crippen molar-refractivity contribution in [3.8, 4) is 0 Å². The van der Waals surface area contributed by atoms with E-state index in [0.717, 1.165) is 0 Å². The summed E-state index contributed by atoms with van der Waals surface area (Å²) in [6, 6.07) is 2.35. The lowest BCUT2D eigenvalue weighted by molar-refractivity contribution is -0.119. The summed E-state index contributed by atoms with van der Waals surface area (Å²) < 4.78 is 34.5. The normalized spacial score (nSPS) is 31.6. The van der Waals surface area contributed by atoms with Gasteiger partial charge in [-0.15, -0.1) is 0 Å². The second-order valence-corrected chi connectivity index (χ2v) is 7.72. The van der Waals surface area contributed by atoms with E-state index in [1.165, 1.54) is 24.0 Å². The van der Waals surface area contributed by atoms with E-state index in [0.29, 0.717) is 24.7 Å². The zero-order chi connectivity index (χ0) is 19.3. The van der Waals surface area contributed by atoms with Crippen molar-refractivity contribution >= 4 is 17.7 Å². The highest BCUT2D eigenvalue weighted by molar-refractivity contribution is 5.89. The minimum atomic E-state index is -0.690. The third kappa shape index (κ3) is 3.26. The van der Waals surface area contributed by atoms with E-state index in [-0.39, 0.29) is 48.7 Å². The minimum Gasteiger partial charge on any atom is -0.442 e. The molecule has 4 rings (SSSR count). The number of amides is 2. The molecule has 1 saturated heterocycles. The fourth-order valence-corrected chi connectivity index (χ4v) is 4.70. The highest BCUT2D eigenvalue weighted by atomic mass is 19.1. The van der Waals surface area contributed by atoms with Crippen molar-refractivity contribution in [1.82, 2.24) is 5.32 Å².